The summed E-state index contributed by atoms with van der Waals surface area (Å²) in [6.45, 7) is -0.443. The molecule has 0 amide bonds. The van der Waals surface area contributed by atoms with Crippen LogP contribution < -0.4 is 4.74 Å². The molecule has 0 aromatic heterocycles. The SMILES string of the molecule is COc1cccc(CC(O)CCOCC(F)F)c1. The normalized spacial score (nSPS) is 12.7. The Balaban J connectivity index is 2.28. The van der Waals surface area contributed by atoms with Crippen LogP contribution in [0.5, 0.6) is 5.75 Å². The van der Waals surface area contributed by atoms with E-state index in [0.29, 0.717) is 12.8 Å². The summed E-state index contributed by atoms with van der Waals surface area (Å²) in [5.74, 6) is 0.730. The molecule has 0 fully saturated rings. The number of rotatable bonds is 8. The van der Waals surface area contributed by atoms with Crippen molar-refractivity contribution in [2.45, 2.75) is 25.4 Å². The Hall–Kier alpha value is -1.20. The first kappa shape index (κ1) is 14.9. The highest BCUT2D eigenvalue weighted by Crippen LogP contribution is 2.14. The van der Waals surface area contributed by atoms with E-state index in [0.717, 1.165) is 11.3 Å². The summed E-state index contributed by atoms with van der Waals surface area (Å²) in [4.78, 5) is 0. The van der Waals surface area contributed by atoms with Gasteiger partial charge in [-0.25, -0.2) is 8.78 Å². The topological polar surface area (TPSA) is 38.7 Å². The number of hydrogen-bond acceptors (Lipinski definition) is 3. The molecule has 102 valence electrons. The molecule has 0 heterocycles. The first-order chi connectivity index (χ1) is 8.61. The molecule has 1 atom stereocenters. The van der Waals surface area contributed by atoms with Crippen LogP contribution in [0.15, 0.2) is 24.3 Å². The van der Waals surface area contributed by atoms with Crippen molar-refractivity contribution in [3.8, 4) is 5.75 Å². The maximum absolute atomic E-state index is 11.8. The second-order valence-electron chi connectivity index (χ2n) is 3.96. The van der Waals surface area contributed by atoms with Crippen molar-refractivity contribution in [1.29, 1.82) is 0 Å². The van der Waals surface area contributed by atoms with E-state index in [9.17, 15) is 13.9 Å². The fourth-order valence-electron chi connectivity index (χ4n) is 1.57. The van der Waals surface area contributed by atoms with Gasteiger partial charge >= 0.3 is 0 Å². The minimum Gasteiger partial charge on any atom is -0.497 e. The number of ether oxygens (including phenoxy) is 2. The van der Waals surface area contributed by atoms with Crippen LogP contribution in [-0.2, 0) is 11.2 Å². The Morgan fingerprint density at radius 2 is 2.11 bits per heavy atom. The number of aliphatic hydroxyl groups is 1. The second kappa shape index (κ2) is 8.00. The number of halogens is 2. The van der Waals surface area contributed by atoms with Gasteiger partial charge in [0.05, 0.1) is 13.2 Å². The molecular weight excluding hydrogens is 242 g/mol. The first-order valence-corrected chi connectivity index (χ1v) is 5.78. The summed E-state index contributed by atoms with van der Waals surface area (Å²) < 4.78 is 33.4. The van der Waals surface area contributed by atoms with Gasteiger partial charge in [-0.2, -0.15) is 0 Å². The fourth-order valence-corrected chi connectivity index (χ4v) is 1.57. The number of hydrogen-bond donors (Lipinski definition) is 1. The monoisotopic (exact) mass is 260 g/mol. The third-order valence-corrected chi connectivity index (χ3v) is 2.44. The highest BCUT2D eigenvalue weighted by molar-refractivity contribution is 5.28. The van der Waals surface area contributed by atoms with Crippen molar-refractivity contribution in [3.63, 3.8) is 0 Å². The van der Waals surface area contributed by atoms with E-state index in [-0.39, 0.29) is 6.61 Å². The van der Waals surface area contributed by atoms with E-state index in [2.05, 4.69) is 0 Å². The van der Waals surface area contributed by atoms with E-state index in [1.54, 1.807) is 7.11 Å². The van der Waals surface area contributed by atoms with Crippen LogP contribution in [0.25, 0.3) is 0 Å². The molecule has 18 heavy (non-hydrogen) atoms. The van der Waals surface area contributed by atoms with Gasteiger partial charge in [-0.15, -0.1) is 0 Å². The van der Waals surface area contributed by atoms with Gasteiger partial charge in [0.2, 0.25) is 0 Å². The third kappa shape index (κ3) is 5.93. The van der Waals surface area contributed by atoms with E-state index >= 15 is 0 Å². The Bertz CT molecular complexity index is 345. The summed E-state index contributed by atoms with van der Waals surface area (Å²) >= 11 is 0. The van der Waals surface area contributed by atoms with Gasteiger partial charge in [0.25, 0.3) is 6.43 Å². The van der Waals surface area contributed by atoms with Crippen LogP contribution in [0.1, 0.15) is 12.0 Å². The molecule has 1 rings (SSSR count). The predicted molar refractivity (Wildman–Crippen MR) is 64.1 cm³/mol. The number of methoxy groups -OCH3 is 1. The Kier molecular flexibility index (Phi) is 6.60. The molecule has 0 aliphatic carbocycles. The summed E-state index contributed by atoms with van der Waals surface area (Å²) in [6, 6.07) is 7.38. The lowest BCUT2D eigenvalue weighted by molar-refractivity contribution is 0.00512. The van der Waals surface area contributed by atoms with Crippen molar-refractivity contribution < 1.29 is 23.4 Å². The van der Waals surface area contributed by atoms with Crippen LogP contribution in [-0.4, -0.2) is 38.0 Å². The Morgan fingerprint density at radius 3 is 2.78 bits per heavy atom. The minimum absolute atomic E-state index is 0.134. The summed E-state index contributed by atoms with van der Waals surface area (Å²) in [7, 11) is 1.58. The molecular formula is C13H18F2O3. The van der Waals surface area contributed by atoms with Gasteiger partial charge in [-0.05, 0) is 30.5 Å². The molecule has 0 radical (unpaired) electrons. The number of aliphatic hydroxyl groups excluding tert-OH is 1. The average molecular weight is 260 g/mol. The largest absolute Gasteiger partial charge is 0.497 e. The smallest absolute Gasteiger partial charge is 0.261 e. The molecule has 0 bridgehead atoms. The van der Waals surface area contributed by atoms with Crippen molar-refractivity contribution in [2.75, 3.05) is 20.3 Å². The minimum atomic E-state index is -2.46. The van der Waals surface area contributed by atoms with Gasteiger partial charge in [0.1, 0.15) is 12.4 Å². The van der Waals surface area contributed by atoms with Crippen LogP contribution >= 0.6 is 0 Å². The van der Waals surface area contributed by atoms with Crippen molar-refractivity contribution in [2.24, 2.45) is 0 Å². The molecule has 0 aliphatic rings. The molecule has 1 unspecified atom stereocenters. The molecule has 0 spiro atoms. The number of alkyl halides is 2. The van der Waals surface area contributed by atoms with E-state index in [1.807, 2.05) is 24.3 Å². The Morgan fingerprint density at radius 1 is 1.33 bits per heavy atom. The van der Waals surface area contributed by atoms with Crippen molar-refractivity contribution in [3.05, 3.63) is 29.8 Å². The van der Waals surface area contributed by atoms with Gasteiger partial charge in [0, 0.05) is 6.61 Å². The lowest BCUT2D eigenvalue weighted by Gasteiger charge is -2.11. The van der Waals surface area contributed by atoms with Gasteiger partial charge < -0.3 is 14.6 Å². The molecule has 1 N–H and O–H groups in total. The quantitative estimate of drug-likeness (QED) is 0.729. The lowest BCUT2D eigenvalue weighted by Crippen LogP contribution is -2.15. The van der Waals surface area contributed by atoms with Gasteiger partial charge in [0.15, 0.2) is 0 Å². The lowest BCUT2D eigenvalue weighted by atomic mass is 10.1. The van der Waals surface area contributed by atoms with E-state index in [1.165, 1.54) is 0 Å². The van der Waals surface area contributed by atoms with Gasteiger partial charge in [-0.1, -0.05) is 12.1 Å². The molecule has 1 aromatic carbocycles. The van der Waals surface area contributed by atoms with Crippen LogP contribution in [0, 0.1) is 0 Å². The molecule has 0 aliphatic heterocycles. The maximum atomic E-state index is 11.8. The fraction of sp³-hybridized carbons (Fsp3) is 0.538. The zero-order valence-corrected chi connectivity index (χ0v) is 10.3. The second-order valence-corrected chi connectivity index (χ2v) is 3.96. The molecule has 0 saturated heterocycles. The van der Waals surface area contributed by atoms with Crippen LogP contribution in [0.3, 0.4) is 0 Å². The molecule has 3 nitrogen and oxygen atoms in total. The highest BCUT2D eigenvalue weighted by Gasteiger charge is 2.08. The predicted octanol–water partition coefficient (Wildman–Crippen LogP) is 2.27. The van der Waals surface area contributed by atoms with Gasteiger partial charge in [-0.3, -0.25) is 0 Å². The summed E-state index contributed by atoms with van der Waals surface area (Å²) in [5.41, 5.74) is 0.940. The number of benzene rings is 1. The van der Waals surface area contributed by atoms with E-state index < -0.39 is 19.1 Å². The zero-order chi connectivity index (χ0) is 13.4. The third-order valence-electron chi connectivity index (χ3n) is 2.44. The summed E-state index contributed by atoms with van der Waals surface area (Å²) in [6.07, 6.45) is -2.27. The first-order valence-electron chi connectivity index (χ1n) is 5.78. The van der Waals surface area contributed by atoms with Crippen LogP contribution in [0.2, 0.25) is 0 Å². The van der Waals surface area contributed by atoms with Crippen molar-refractivity contribution >= 4 is 0 Å². The highest BCUT2D eigenvalue weighted by atomic mass is 19.3. The summed E-state index contributed by atoms with van der Waals surface area (Å²) in [5, 5.41) is 9.72. The van der Waals surface area contributed by atoms with Crippen LogP contribution in [0.4, 0.5) is 8.78 Å². The maximum Gasteiger partial charge on any atom is 0.261 e. The standard InChI is InChI=1S/C13H18F2O3/c1-17-12-4-2-3-10(8-12)7-11(16)5-6-18-9-13(14)15/h2-4,8,11,13,16H,5-7,9H2,1H3. The molecule has 0 saturated carbocycles. The zero-order valence-electron chi connectivity index (χ0n) is 10.3. The molecule has 5 heteroatoms. The molecule has 1 aromatic rings. The average Bonchev–Trinajstić information content (AvgIpc) is 2.34. The Labute approximate surface area is 105 Å². The van der Waals surface area contributed by atoms with E-state index in [4.69, 9.17) is 9.47 Å². The van der Waals surface area contributed by atoms with Crippen molar-refractivity contribution in [1.82, 2.24) is 0 Å².